The summed E-state index contributed by atoms with van der Waals surface area (Å²) in [5, 5.41) is 10.3. The number of rotatable bonds is 0. The number of aliphatic hydroxyl groups excluding tert-OH is 1. The molecule has 1 N–H and O–H groups in total. The van der Waals surface area contributed by atoms with Crippen molar-refractivity contribution in [3.8, 4) is 0 Å². The van der Waals surface area contributed by atoms with Gasteiger partial charge in [0.25, 0.3) is 0 Å². The predicted molar refractivity (Wildman–Crippen MR) is 77.4 cm³/mol. The zero-order chi connectivity index (χ0) is 14.8. The highest BCUT2D eigenvalue weighted by molar-refractivity contribution is 5.87. The largest absolute Gasteiger partial charge is 0.390 e. The third-order valence-electron chi connectivity index (χ3n) is 6.73. The first-order chi connectivity index (χ1) is 9.20. The van der Waals surface area contributed by atoms with Gasteiger partial charge in [-0.15, -0.1) is 0 Å². The predicted octanol–water partition coefficient (Wildman–Crippen LogP) is 3.09. The normalized spacial score (nSPS) is 51.2. The van der Waals surface area contributed by atoms with Crippen molar-refractivity contribution in [3.63, 3.8) is 0 Å². The van der Waals surface area contributed by atoms with Crippen LogP contribution in [0.5, 0.6) is 0 Å². The number of ether oxygens (including phenoxy) is 1. The van der Waals surface area contributed by atoms with Crippen LogP contribution in [0, 0.1) is 16.7 Å². The molecule has 1 heterocycles. The quantitative estimate of drug-likeness (QED) is 0.741. The highest BCUT2D eigenvalue weighted by atomic mass is 16.5. The average molecular weight is 280 g/mol. The molecular formula is C17H28O3. The Balaban J connectivity index is 1.96. The summed E-state index contributed by atoms with van der Waals surface area (Å²) in [4.78, 5) is 12.3. The maximum atomic E-state index is 12.3. The van der Waals surface area contributed by atoms with Crippen LogP contribution in [0.4, 0.5) is 0 Å². The van der Waals surface area contributed by atoms with Gasteiger partial charge in [-0.05, 0) is 57.3 Å². The monoisotopic (exact) mass is 280 g/mol. The van der Waals surface area contributed by atoms with Gasteiger partial charge in [-0.25, -0.2) is 0 Å². The van der Waals surface area contributed by atoms with Gasteiger partial charge in [0.1, 0.15) is 5.78 Å². The lowest BCUT2D eigenvalue weighted by atomic mass is 9.54. The molecule has 1 aliphatic heterocycles. The van der Waals surface area contributed by atoms with Crippen LogP contribution in [0.3, 0.4) is 0 Å². The number of hydrogen-bond donors (Lipinski definition) is 1. The third kappa shape index (κ3) is 1.82. The van der Waals surface area contributed by atoms with Gasteiger partial charge in [-0.1, -0.05) is 13.8 Å². The van der Waals surface area contributed by atoms with E-state index in [2.05, 4.69) is 13.8 Å². The van der Waals surface area contributed by atoms with Crippen molar-refractivity contribution >= 4 is 5.78 Å². The lowest BCUT2D eigenvalue weighted by Crippen LogP contribution is -2.52. The molecule has 2 aliphatic carbocycles. The van der Waals surface area contributed by atoms with Gasteiger partial charge in [0, 0.05) is 11.8 Å². The minimum Gasteiger partial charge on any atom is -0.390 e. The fourth-order valence-corrected chi connectivity index (χ4v) is 5.20. The molecule has 114 valence electrons. The molecule has 3 nitrogen and oxygen atoms in total. The number of fused-ring (bicyclic) bond motifs is 3. The van der Waals surface area contributed by atoms with Gasteiger partial charge in [0.2, 0.25) is 0 Å². The van der Waals surface area contributed by atoms with Crippen LogP contribution in [0.1, 0.15) is 66.2 Å². The number of carbonyl (C=O) groups excluding carboxylic acids is 1. The minimum absolute atomic E-state index is 0.0356. The maximum absolute atomic E-state index is 12.3. The molecule has 20 heavy (non-hydrogen) atoms. The molecule has 0 spiro atoms. The fourth-order valence-electron chi connectivity index (χ4n) is 5.20. The first-order valence-corrected chi connectivity index (χ1v) is 8.09. The van der Waals surface area contributed by atoms with E-state index in [1.165, 1.54) is 0 Å². The molecule has 0 aromatic heterocycles. The maximum Gasteiger partial charge on any atom is 0.139 e. The van der Waals surface area contributed by atoms with Crippen molar-refractivity contribution in [2.24, 2.45) is 16.7 Å². The Morgan fingerprint density at radius 3 is 2.50 bits per heavy atom. The van der Waals surface area contributed by atoms with Crippen molar-refractivity contribution in [1.82, 2.24) is 0 Å². The molecule has 5 unspecified atom stereocenters. The first-order valence-electron chi connectivity index (χ1n) is 8.09. The van der Waals surface area contributed by atoms with Gasteiger partial charge in [-0.2, -0.15) is 0 Å². The zero-order valence-corrected chi connectivity index (χ0v) is 13.2. The van der Waals surface area contributed by atoms with Crippen molar-refractivity contribution in [3.05, 3.63) is 0 Å². The van der Waals surface area contributed by atoms with Crippen LogP contribution >= 0.6 is 0 Å². The first kappa shape index (κ1) is 14.5. The second-order valence-corrected chi connectivity index (χ2v) is 8.24. The molecule has 3 aliphatic rings. The zero-order valence-electron chi connectivity index (χ0n) is 13.2. The van der Waals surface area contributed by atoms with E-state index in [9.17, 15) is 9.90 Å². The van der Waals surface area contributed by atoms with E-state index in [0.29, 0.717) is 11.7 Å². The smallest absolute Gasteiger partial charge is 0.139 e. The van der Waals surface area contributed by atoms with Gasteiger partial charge in [0.05, 0.1) is 17.8 Å². The second-order valence-electron chi connectivity index (χ2n) is 8.24. The van der Waals surface area contributed by atoms with Crippen LogP contribution in [0.25, 0.3) is 0 Å². The summed E-state index contributed by atoms with van der Waals surface area (Å²) in [6, 6.07) is 0. The second kappa shape index (κ2) is 4.30. The molecule has 0 amide bonds. The average Bonchev–Trinajstić information content (AvgIpc) is 2.63. The summed E-state index contributed by atoms with van der Waals surface area (Å²) >= 11 is 0. The molecule has 0 aromatic carbocycles. The highest BCUT2D eigenvalue weighted by Crippen LogP contribution is 2.61. The summed E-state index contributed by atoms with van der Waals surface area (Å²) < 4.78 is 6.35. The van der Waals surface area contributed by atoms with E-state index >= 15 is 0 Å². The molecule has 0 aromatic rings. The highest BCUT2D eigenvalue weighted by Gasteiger charge is 2.61. The lowest BCUT2D eigenvalue weighted by Gasteiger charge is -2.52. The Kier molecular flexibility index (Phi) is 3.12. The number of carbonyl (C=O) groups is 1. The van der Waals surface area contributed by atoms with Crippen LogP contribution in [0.15, 0.2) is 0 Å². The molecule has 3 rings (SSSR count). The Hall–Kier alpha value is -0.410. The van der Waals surface area contributed by atoms with Crippen molar-refractivity contribution in [2.75, 3.05) is 0 Å². The molecule has 5 atom stereocenters. The van der Waals surface area contributed by atoms with E-state index in [1.807, 2.05) is 13.8 Å². The van der Waals surface area contributed by atoms with Gasteiger partial charge >= 0.3 is 0 Å². The molecular weight excluding hydrogens is 252 g/mol. The van der Waals surface area contributed by atoms with Gasteiger partial charge in [0.15, 0.2) is 0 Å². The summed E-state index contributed by atoms with van der Waals surface area (Å²) in [7, 11) is 0. The Morgan fingerprint density at radius 2 is 1.80 bits per heavy atom. The number of hydrogen-bond acceptors (Lipinski definition) is 3. The molecule has 0 bridgehead atoms. The third-order valence-corrected chi connectivity index (χ3v) is 6.73. The Bertz CT molecular complexity index is 430. The molecule has 3 heteroatoms. The summed E-state index contributed by atoms with van der Waals surface area (Å²) in [6.07, 6.45) is 5.15. The van der Waals surface area contributed by atoms with E-state index in [-0.39, 0.29) is 16.9 Å². The summed E-state index contributed by atoms with van der Waals surface area (Å²) in [5.74, 6) is 0.869. The molecule has 3 fully saturated rings. The number of ketones is 1. The van der Waals surface area contributed by atoms with Crippen LogP contribution in [0.2, 0.25) is 0 Å². The van der Waals surface area contributed by atoms with E-state index in [0.717, 1.165) is 38.5 Å². The number of Topliss-reactive ketones (excluding diaryl/α,β-unsaturated/α-hetero) is 1. The van der Waals surface area contributed by atoms with E-state index in [4.69, 9.17) is 4.74 Å². The topological polar surface area (TPSA) is 46.5 Å². The SMILES string of the molecule is CC1(C)OC2CCC3(C)C(=O)CCC3C2(C)CCC1O. The van der Waals surface area contributed by atoms with E-state index < -0.39 is 11.7 Å². The van der Waals surface area contributed by atoms with Crippen LogP contribution < -0.4 is 0 Å². The van der Waals surface area contributed by atoms with Crippen molar-refractivity contribution in [2.45, 2.75) is 84.0 Å². The summed E-state index contributed by atoms with van der Waals surface area (Å²) in [6.45, 7) is 8.46. The molecule has 1 saturated heterocycles. The summed E-state index contributed by atoms with van der Waals surface area (Å²) in [5.41, 5.74) is -0.583. The van der Waals surface area contributed by atoms with Crippen molar-refractivity contribution in [1.29, 1.82) is 0 Å². The van der Waals surface area contributed by atoms with E-state index in [1.54, 1.807) is 0 Å². The van der Waals surface area contributed by atoms with Gasteiger partial charge < -0.3 is 9.84 Å². The number of aliphatic hydroxyl groups is 1. The van der Waals surface area contributed by atoms with Crippen molar-refractivity contribution < 1.29 is 14.6 Å². The Morgan fingerprint density at radius 1 is 1.10 bits per heavy atom. The van der Waals surface area contributed by atoms with Crippen LogP contribution in [-0.2, 0) is 9.53 Å². The van der Waals surface area contributed by atoms with Gasteiger partial charge in [-0.3, -0.25) is 4.79 Å². The molecule has 0 radical (unpaired) electrons. The lowest BCUT2D eigenvalue weighted by molar-refractivity contribution is -0.184. The van der Waals surface area contributed by atoms with Crippen LogP contribution in [-0.4, -0.2) is 28.7 Å². The Labute approximate surface area is 122 Å². The fraction of sp³-hybridized carbons (Fsp3) is 0.941. The standard InChI is InChI=1S/C17H28O3/c1-15(2)12(18)7-9-17(4)11-5-6-13(19)16(11,3)10-8-14(17)20-15/h11-12,14,18H,5-10H2,1-4H3. The minimum atomic E-state index is -0.473. The molecule has 2 saturated carbocycles.